The summed E-state index contributed by atoms with van der Waals surface area (Å²) in [4.78, 5) is 46.0. The van der Waals surface area contributed by atoms with Crippen LogP contribution in [0.25, 0.3) is 10.8 Å². The maximum Gasteiger partial charge on any atom is 0.407 e. The van der Waals surface area contributed by atoms with Gasteiger partial charge in [0.2, 0.25) is 11.8 Å². The van der Waals surface area contributed by atoms with Crippen LogP contribution < -0.4 is 10.1 Å². The van der Waals surface area contributed by atoms with Gasteiger partial charge in [-0.05, 0) is 54.7 Å². The van der Waals surface area contributed by atoms with Crippen LogP contribution in [0, 0.1) is 5.41 Å². The third kappa shape index (κ3) is 6.78. The summed E-state index contributed by atoms with van der Waals surface area (Å²) in [6.45, 7) is 7.74. The molecule has 9 nitrogen and oxygen atoms in total. The lowest BCUT2D eigenvalue weighted by Crippen LogP contribution is -2.58. The Balaban J connectivity index is 1.77. The van der Waals surface area contributed by atoms with Gasteiger partial charge in [0, 0.05) is 22.8 Å². The number of carbonyl (C=O) groups is 3. The predicted molar refractivity (Wildman–Crippen MR) is 159 cm³/mol. The van der Waals surface area contributed by atoms with Crippen molar-refractivity contribution in [2.75, 3.05) is 13.2 Å². The molecule has 11 heteroatoms. The van der Waals surface area contributed by atoms with E-state index in [0.717, 1.165) is 29.2 Å². The summed E-state index contributed by atoms with van der Waals surface area (Å²) >= 11 is 5.94. The number of rotatable bonds is 2. The van der Waals surface area contributed by atoms with Crippen molar-refractivity contribution < 1.29 is 28.6 Å². The number of esters is 1. The smallest absolute Gasteiger partial charge is 0.407 e. The average Bonchev–Trinajstić information content (AvgIpc) is 3.21. The van der Waals surface area contributed by atoms with E-state index in [1.165, 1.54) is 4.90 Å². The summed E-state index contributed by atoms with van der Waals surface area (Å²) in [5, 5.41) is 4.62. The van der Waals surface area contributed by atoms with Crippen LogP contribution in [0.4, 0.5) is 4.79 Å². The molecule has 4 bridgehead atoms. The zero-order valence-electron chi connectivity index (χ0n) is 22.6. The molecule has 2 unspecified atom stereocenters. The average molecular weight is 716 g/mol. The van der Waals surface area contributed by atoms with E-state index in [1.54, 1.807) is 13.1 Å². The Kier molecular flexibility index (Phi) is 9.61. The first kappa shape index (κ1) is 29.8. The van der Waals surface area contributed by atoms with Gasteiger partial charge < -0.3 is 24.4 Å². The van der Waals surface area contributed by atoms with E-state index in [2.05, 4.69) is 61.0 Å². The number of benzene rings is 1. The summed E-state index contributed by atoms with van der Waals surface area (Å²) in [5.74, 6) is -0.442. The van der Waals surface area contributed by atoms with Gasteiger partial charge in [-0.2, -0.15) is 0 Å². The predicted octanol–water partition coefficient (Wildman–Crippen LogP) is 5.67. The van der Waals surface area contributed by atoms with E-state index in [-0.39, 0.29) is 30.4 Å². The van der Waals surface area contributed by atoms with E-state index in [9.17, 15) is 14.4 Å². The summed E-state index contributed by atoms with van der Waals surface area (Å²) < 4.78 is 16.7. The molecule has 1 aromatic heterocycles. The number of halogens is 2. The topological polar surface area (TPSA) is 107 Å². The van der Waals surface area contributed by atoms with Crippen molar-refractivity contribution in [2.45, 2.75) is 80.4 Å². The number of hydrogen-bond acceptors (Lipinski definition) is 7. The Morgan fingerprint density at radius 2 is 2.03 bits per heavy atom. The van der Waals surface area contributed by atoms with Gasteiger partial charge in [0.15, 0.2) is 0 Å². The van der Waals surface area contributed by atoms with Crippen LogP contribution in [-0.4, -0.2) is 63.3 Å². The Morgan fingerprint density at radius 3 is 2.74 bits per heavy atom. The number of pyridine rings is 1. The van der Waals surface area contributed by atoms with Gasteiger partial charge in [0.1, 0.15) is 22.2 Å². The van der Waals surface area contributed by atoms with Crippen molar-refractivity contribution in [1.29, 1.82) is 0 Å². The number of nitrogens with one attached hydrogen (secondary N) is 1. The molecule has 2 aromatic rings. The maximum atomic E-state index is 14.1. The minimum atomic E-state index is -0.929. The number of nitrogens with zero attached hydrogens (tertiary/aromatic N) is 2. The first-order valence-electron chi connectivity index (χ1n) is 13.3. The lowest BCUT2D eigenvalue weighted by molar-refractivity contribution is -0.154. The fraction of sp³-hybridized carbons (Fsp3) is 0.571. The van der Waals surface area contributed by atoms with E-state index in [1.807, 2.05) is 32.9 Å². The van der Waals surface area contributed by atoms with Gasteiger partial charge in [-0.1, -0.05) is 71.4 Å². The third-order valence-corrected chi connectivity index (χ3v) is 9.40. The van der Waals surface area contributed by atoms with E-state index >= 15 is 0 Å². The minimum absolute atomic E-state index is 0.109. The van der Waals surface area contributed by atoms with Crippen LogP contribution in [0.1, 0.15) is 63.8 Å². The second-order valence-corrected chi connectivity index (χ2v) is 13.3. The molecule has 0 radical (unpaired) electrons. The highest BCUT2D eigenvalue weighted by Crippen LogP contribution is 2.38. The molecular formula is C28H35BrIN3O6. The van der Waals surface area contributed by atoms with Crippen molar-refractivity contribution in [3.05, 3.63) is 36.0 Å². The number of amides is 2. The number of aromatic nitrogens is 1. The van der Waals surface area contributed by atoms with Crippen molar-refractivity contribution in [1.82, 2.24) is 15.2 Å². The number of alkyl halides is 2. The number of carbonyl (C=O) groups excluding carboxylic acids is 3. The molecule has 2 aliphatic heterocycles. The second-order valence-electron chi connectivity index (χ2n) is 10.9. The van der Waals surface area contributed by atoms with Gasteiger partial charge in [-0.25, -0.2) is 14.6 Å². The van der Waals surface area contributed by atoms with E-state index < -0.39 is 39.7 Å². The minimum Gasteiger partial charge on any atom is -0.471 e. The van der Waals surface area contributed by atoms with Gasteiger partial charge in [-0.3, -0.25) is 4.79 Å². The van der Waals surface area contributed by atoms with Gasteiger partial charge in [0.05, 0.1) is 13.2 Å². The monoisotopic (exact) mass is 715 g/mol. The van der Waals surface area contributed by atoms with Crippen LogP contribution in [-0.2, 0) is 19.1 Å². The summed E-state index contributed by atoms with van der Waals surface area (Å²) in [5.41, 5.74) is 0.439. The Morgan fingerprint density at radius 1 is 1.26 bits per heavy atom. The normalized spacial score (nSPS) is 26.8. The molecule has 0 aliphatic carbocycles. The fourth-order valence-electron chi connectivity index (χ4n) is 4.93. The van der Waals surface area contributed by atoms with E-state index in [4.69, 9.17) is 14.2 Å². The first-order valence-corrected chi connectivity index (χ1v) is 15.4. The molecule has 3 heterocycles. The quantitative estimate of drug-likeness (QED) is 0.185. The van der Waals surface area contributed by atoms with Crippen LogP contribution in [0.5, 0.6) is 5.88 Å². The molecule has 1 fully saturated rings. The van der Waals surface area contributed by atoms with Crippen LogP contribution in [0.3, 0.4) is 0 Å². The molecule has 5 atom stereocenters. The van der Waals surface area contributed by atoms with Crippen LogP contribution >= 0.6 is 38.5 Å². The van der Waals surface area contributed by atoms with Crippen molar-refractivity contribution >= 4 is 67.3 Å². The van der Waals surface area contributed by atoms with Crippen LogP contribution in [0.15, 0.2) is 30.5 Å². The molecular weight excluding hydrogens is 681 g/mol. The number of hydrogen-bond donors (Lipinski definition) is 1. The molecule has 0 saturated carbocycles. The molecule has 39 heavy (non-hydrogen) atoms. The van der Waals surface area contributed by atoms with Crippen molar-refractivity contribution in [3.63, 3.8) is 0 Å². The molecule has 212 valence electrons. The van der Waals surface area contributed by atoms with Gasteiger partial charge in [-0.15, -0.1) is 0 Å². The van der Waals surface area contributed by atoms with E-state index in [0.29, 0.717) is 12.3 Å². The lowest BCUT2D eigenvalue weighted by atomic mass is 9.85. The zero-order valence-corrected chi connectivity index (χ0v) is 26.4. The van der Waals surface area contributed by atoms with Gasteiger partial charge in [0.25, 0.3) is 0 Å². The largest absolute Gasteiger partial charge is 0.471 e. The standard InChI is InChI=1S/C28H35BrIN3O6/c1-5-37-26(35)20-15-21-23(30)33(20)25(34)22(28(2,3)4)32-27(36)38-13-7-6-8-19(29)17-10-9-16-11-12-31-24(39-21)18(16)14-17/h9-12,14,19-23H,5-8,13,15H2,1-4H3,(H,32,36)/t19?,20-,21+,22+,23?/m0/s1. The van der Waals surface area contributed by atoms with Crippen molar-refractivity contribution in [3.8, 4) is 5.88 Å². The second kappa shape index (κ2) is 12.6. The summed E-state index contributed by atoms with van der Waals surface area (Å²) in [6, 6.07) is 6.33. The first-order chi connectivity index (χ1) is 18.5. The zero-order chi connectivity index (χ0) is 28.3. The number of alkyl carbamates (subject to hydrolysis) is 1. The SMILES string of the molecule is CCOC(=O)[C@@H]1C[C@H]2Oc3nccc4ccc(cc34)C(Br)CCCCOC(=O)N[C@@H](C(C)(C)C)C(=O)N1C2I. The highest BCUT2D eigenvalue weighted by Gasteiger charge is 2.51. The Bertz CT molecular complexity index is 1220. The number of ether oxygens (including phenoxy) is 3. The maximum absolute atomic E-state index is 14.1. The van der Waals surface area contributed by atoms with Crippen molar-refractivity contribution in [2.24, 2.45) is 5.41 Å². The Labute approximate surface area is 251 Å². The molecule has 0 spiro atoms. The molecule has 1 N–H and O–H groups in total. The number of fused-ring (bicyclic) bond motifs is 3. The highest BCUT2D eigenvalue weighted by molar-refractivity contribution is 14.1. The molecule has 1 aromatic carbocycles. The molecule has 2 aliphatic rings. The molecule has 2 amide bonds. The highest BCUT2D eigenvalue weighted by atomic mass is 127. The summed E-state index contributed by atoms with van der Waals surface area (Å²) in [6.07, 6.45) is 3.12. The Hall–Kier alpha value is -2.15. The lowest BCUT2D eigenvalue weighted by Gasteiger charge is -2.36. The number of cyclic esters (lactones) is 1. The molecule has 4 rings (SSSR count). The fourth-order valence-corrected chi connectivity index (χ4v) is 6.64. The van der Waals surface area contributed by atoms with Crippen LogP contribution in [0.2, 0.25) is 0 Å². The molecule has 1 saturated heterocycles. The summed E-state index contributed by atoms with van der Waals surface area (Å²) in [7, 11) is 0. The third-order valence-electron chi connectivity index (χ3n) is 7.02. The van der Waals surface area contributed by atoms with Gasteiger partial charge >= 0.3 is 12.1 Å².